The van der Waals surface area contributed by atoms with E-state index in [4.69, 9.17) is 5.73 Å². The molecular weight excluding hydrogens is 162 g/mol. The molecule has 13 heavy (non-hydrogen) atoms. The van der Waals surface area contributed by atoms with Crippen LogP contribution < -0.4 is 5.73 Å². The third kappa shape index (κ3) is 1.18. The minimum Gasteiger partial charge on any atom is -0.399 e. The number of aryl methyl sites for hydroxylation is 1. The summed E-state index contributed by atoms with van der Waals surface area (Å²) in [5.74, 6) is 0. The van der Waals surface area contributed by atoms with Crippen molar-refractivity contribution in [3.8, 4) is 0 Å². The predicted octanol–water partition coefficient (Wildman–Crippen LogP) is 1.50. The smallest absolute Gasteiger partial charge is 0.0930 e. The van der Waals surface area contributed by atoms with Crippen LogP contribution in [-0.2, 0) is 7.05 Å². The average molecular weight is 173 g/mol. The van der Waals surface area contributed by atoms with E-state index in [0.717, 1.165) is 16.5 Å². The van der Waals surface area contributed by atoms with Crippen LogP contribution in [0.1, 0.15) is 5.56 Å². The molecule has 1 heterocycles. The van der Waals surface area contributed by atoms with Gasteiger partial charge < -0.3 is 5.73 Å². The molecule has 0 aliphatic heterocycles. The molecule has 0 atom stereocenters. The average Bonchev–Trinajstić information content (AvgIpc) is 2.43. The van der Waals surface area contributed by atoms with Crippen LogP contribution >= 0.6 is 0 Å². The molecule has 0 amide bonds. The maximum atomic E-state index is 5.66. The lowest BCUT2D eigenvalue weighted by Crippen LogP contribution is -1.93. The first-order chi connectivity index (χ1) is 6.18. The molecule has 0 unspecified atom stereocenters. The van der Waals surface area contributed by atoms with E-state index in [1.54, 1.807) is 4.68 Å². The van der Waals surface area contributed by atoms with E-state index >= 15 is 0 Å². The molecule has 0 saturated heterocycles. The van der Waals surface area contributed by atoms with Crippen LogP contribution in [0.3, 0.4) is 0 Å². The highest BCUT2D eigenvalue weighted by atomic mass is 15.2. The van der Waals surface area contributed by atoms with Crippen LogP contribution in [0, 0.1) is 0 Å². The fourth-order valence-corrected chi connectivity index (χ4v) is 1.44. The van der Waals surface area contributed by atoms with E-state index in [1.807, 2.05) is 31.4 Å². The SMILES string of the molecule is C=C(N)c1cccc2nn(C)cc12. The van der Waals surface area contributed by atoms with Gasteiger partial charge in [-0.15, -0.1) is 0 Å². The van der Waals surface area contributed by atoms with Gasteiger partial charge in [-0.2, -0.15) is 5.10 Å². The first-order valence-corrected chi connectivity index (χ1v) is 4.05. The quantitative estimate of drug-likeness (QED) is 0.710. The lowest BCUT2D eigenvalue weighted by molar-refractivity contribution is 0.780. The fraction of sp³-hybridized carbons (Fsp3) is 0.100. The van der Waals surface area contributed by atoms with E-state index < -0.39 is 0 Å². The first kappa shape index (κ1) is 7.86. The monoisotopic (exact) mass is 173 g/mol. The van der Waals surface area contributed by atoms with Gasteiger partial charge in [0.25, 0.3) is 0 Å². The van der Waals surface area contributed by atoms with Crippen LogP contribution in [0.5, 0.6) is 0 Å². The summed E-state index contributed by atoms with van der Waals surface area (Å²) in [5, 5.41) is 5.33. The summed E-state index contributed by atoms with van der Waals surface area (Å²) < 4.78 is 1.77. The van der Waals surface area contributed by atoms with E-state index in [0.29, 0.717) is 5.70 Å². The number of aromatic nitrogens is 2. The minimum absolute atomic E-state index is 0.582. The molecular formula is C10H11N3. The normalized spacial score (nSPS) is 10.5. The molecule has 0 bridgehead atoms. The lowest BCUT2D eigenvalue weighted by atomic mass is 10.1. The van der Waals surface area contributed by atoms with Crippen molar-refractivity contribution in [2.75, 3.05) is 0 Å². The van der Waals surface area contributed by atoms with Crippen LogP contribution in [0.25, 0.3) is 16.6 Å². The van der Waals surface area contributed by atoms with E-state index in [2.05, 4.69) is 11.7 Å². The summed E-state index contributed by atoms with van der Waals surface area (Å²) in [6, 6.07) is 5.84. The number of nitrogens with two attached hydrogens (primary N) is 1. The second-order valence-corrected chi connectivity index (χ2v) is 3.07. The Hall–Kier alpha value is -1.77. The molecule has 1 aromatic carbocycles. The Labute approximate surface area is 76.5 Å². The Morgan fingerprint density at radius 3 is 3.00 bits per heavy atom. The van der Waals surface area contributed by atoms with Crippen molar-refractivity contribution in [2.45, 2.75) is 0 Å². The van der Waals surface area contributed by atoms with Crippen LogP contribution in [0.4, 0.5) is 0 Å². The Bertz CT molecular complexity index is 468. The van der Waals surface area contributed by atoms with Gasteiger partial charge in [-0.1, -0.05) is 18.7 Å². The van der Waals surface area contributed by atoms with Crippen molar-refractivity contribution < 1.29 is 0 Å². The van der Waals surface area contributed by atoms with Crippen LogP contribution in [-0.4, -0.2) is 9.78 Å². The molecule has 1 aromatic heterocycles. The number of rotatable bonds is 1. The third-order valence-corrected chi connectivity index (χ3v) is 2.01. The molecule has 0 saturated carbocycles. The molecule has 0 fully saturated rings. The number of hydrogen-bond acceptors (Lipinski definition) is 2. The predicted molar refractivity (Wildman–Crippen MR) is 53.9 cm³/mol. The molecule has 66 valence electrons. The highest BCUT2D eigenvalue weighted by molar-refractivity contribution is 5.90. The number of hydrogen-bond donors (Lipinski definition) is 1. The van der Waals surface area contributed by atoms with Gasteiger partial charge >= 0.3 is 0 Å². The number of nitrogens with zero attached hydrogens (tertiary/aromatic N) is 2. The molecule has 0 spiro atoms. The number of benzene rings is 1. The zero-order chi connectivity index (χ0) is 9.42. The van der Waals surface area contributed by atoms with Crippen LogP contribution in [0.15, 0.2) is 31.0 Å². The standard InChI is InChI=1S/C10H11N3/c1-7(11)8-4-3-5-10-9(8)6-13(2)12-10/h3-6H,1,11H2,2H3. The van der Waals surface area contributed by atoms with Gasteiger partial charge in [0.15, 0.2) is 0 Å². The second-order valence-electron chi connectivity index (χ2n) is 3.07. The van der Waals surface area contributed by atoms with Gasteiger partial charge in [-0.3, -0.25) is 4.68 Å². The van der Waals surface area contributed by atoms with Gasteiger partial charge in [0, 0.05) is 29.9 Å². The molecule has 0 radical (unpaired) electrons. The summed E-state index contributed by atoms with van der Waals surface area (Å²) >= 11 is 0. The summed E-state index contributed by atoms with van der Waals surface area (Å²) in [6.07, 6.45) is 1.95. The van der Waals surface area contributed by atoms with Crippen LogP contribution in [0.2, 0.25) is 0 Å². The lowest BCUT2D eigenvalue weighted by Gasteiger charge is -1.99. The molecule has 2 aromatic rings. The van der Waals surface area contributed by atoms with Crippen molar-refractivity contribution in [1.82, 2.24) is 9.78 Å². The van der Waals surface area contributed by atoms with Gasteiger partial charge in [-0.05, 0) is 6.07 Å². The largest absolute Gasteiger partial charge is 0.399 e. The minimum atomic E-state index is 0.582. The molecule has 0 aliphatic rings. The Morgan fingerprint density at radius 2 is 2.31 bits per heavy atom. The highest BCUT2D eigenvalue weighted by Crippen LogP contribution is 2.20. The summed E-state index contributed by atoms with van der Waals surface area (Å²) in [4.78, 5) is 0. The number of fused-ring (bicyclic) bond motifs is 1. The van der Waals surface area contributed by atoms with E-state index in [1.165, 1.54) is 0 Å². The van der Waals surface area contributed by atoms with Crippen molar-refractivity contribution in [3.63, 3.8) is 0 Å². The molecule has 0 aliphatic carbocycles. The summed E-state index contributed by atoms with van der Waals surface area (Å²) in [7, 11) is 1.89. The molecule has 3 heteroatoms. The van der Waals surface area contributed by atoms with Crippen molar-refractivity contribution in [3.05, 3.63) is 36.5 Å². The van der Waals surface area contributed by atoms with E-state index in [-0.39, 0.29) is 0 Å². The Morgan fingerprint density at radius 1 is 1.54 bits per heavy atom. The topological polar surface area (TPSA) is 43.8 Å². The zero-order valence-corrected chi connectivity index (χ0v) is 7.49. The third-order valence-electron chi connectivity index (χ3n) is 2.01. The van der Waals surface area contributed by atoms with Gasteiger partial charge in [0.05, 0.1) is 5.52 Å². The van der Waals surface area contributed by atoms with Crippen molar-refractivity contribution in [1.29, 1.82) is 0 Å². The second kappa shape index (κ2) is 2.62. The fourth-order valence-electron chi connectivity index (χ4n) is 1.44. The van der Waals surface area contributed by atoms with Gasteiger partial charge in [0.1, 0.15) is 0 Å². The Balaban J connectivity index is 2.82. The maximum Gasteiger partial charge on any atom is 0.0930 e. The first-order valence-electron chi connectivity index (χ1n) is 4.05. The van der Waals surface area contributed by atoms with Crippen molar-refractivity contribution >= 4 is 16.6 Å². The molecule has 3 nitrogen and oxygen atoms in total. The van der Waals surface area contributed by atoms with Gasteiger partial charge in [-0.25, -0.2) is 0 Å². The summed E-state index contributed by atoms with van der Waals surface area (Å²) in [5.41, 5.74) is 8.15. The maximum absolute atomic E-state index is 5.66. The highest BCUT2D eigenvalue weighted by Gasteiger charge is 2.04. The van der Waals surface area contributed by atoms with Crippen molar-refractivity contribution in [2.24, 2.45) is 12.8 Å². The van der Waals surface area contributed by atoms with Gasteiger partial charge in [0.2, 0.25) is 0 Å². The van der Waals surface area contributed by atoms with E-state index in [9.17, 15) is 0 Å². The Kier molecular flexibility index (Phi) is 1.59. The molecule has 2 N–H and O–H groups in total. The molecule has 2 rings (SSSR count). The summed E-state index contributed by atoms with van der Waals surface area (Å²) in [6.45, 7) is 3.73. The zero-order valence-electron chi connectivity index (χ0n) is 7.49.